The molecule has 0 radical (unpaired) electrons. The maximum absolute atomic E-state index is 6.35. The molecule has 0 saturated carbocycles. The van der Waals surface area contributed by atoms with Gasteiger partial charge in [-0.25, -0.2) is 0 Å². The summed E-state index contributed by atoms with van der Waals surface area (Å²) < 4.78 is 1.86. The van der Waals surface area contributed by atoms with Gasteiger partial charge >= 0.3 is 0 Å². The monoisotopic (exact) mass is 291 g/mol. The maximum Gasteiger partial charge on any atom is 0.0837 e. The minimum atomic E-state index is 0.0798. The molecule has 108 valence electrons. The molecule has 0 bridgehead atoms. The zero-order chi connectivity index (χ0) is 14.7. The number of nitrogens with one attached hydrogen (secondary N) is 1. The van der Waals surface area contributed by atoms with Crippen molar-refractivity contribution in [3.05, 3.63) is 51.8 Å². The van der Waals surface area contributed by atoms with Gasteiger partial charge in [-0.2, -0.15) is 5.10 Å². The highest BCUT2D eigenvalue weighted by atomic mass is 35.5. The van der Waals surface area contributed by atoms with Crippen LogP contribution in [0.25, 0.3) is 0 Å². The Kier molecular flexibility index (Phi) is 4.84. The smallest absolute Gasteiger partial charge is 0.0837 e. The van der Waals surface area contributed by atoms with Crippen molar-refractivity contribution < 1.29 is 0 Å². The van der Waals surface area contributed by atoms with Gasteiger partial charge in [0.2, 0.25) is 0 Å². The lowest BCUT2D eigenvalue weighted by atomic mass is 9.94. The molecule has 0 aliphatic carbocycles. The lowest BCUT2D eigenvalue weighted by Crippen LogP contribution is -2.27. The Balaban J connectivity index is 2.53. The molecule has 2 aromatic rings. The van der Waals surface area contributed by atoms with Crippen LogP contribution in [0.5, 0.6) is 0 Å². The van der Waals surface area contributed by atoms with Gasteiger partial charge in [-0.1, -0.05) is 36.7 Å². The van der Waals surface area contributed by atoms with Crippen molar-refractivity contribution in [3.8, 4) is 0 Å². The van der Waals surface area contributed by atoms with Crippen molar-refractivity contribution in [1.29, 1.82) is 0 Å². The van der Waals surface area contributed by atoms with Crippen LogP contribution in [0.2, 0.25) is 5.02 Å². The first-order chi connectivity index (χ1) is 9.56. The number of aryl methyl sites for hydroxylation is 3. The molecule has 0 fully saturated rings. The molecule has 0 aliphatic rings. The molecule has 1 N–H and O–H groups in total. The fourth-order valence-electron chi connectivity index (χ4n) is 2.65. The highest BCUT2D eigenvalue weighted by Crippen LogP contribution is 2.31. The maximum atomic E-state index is 6.35. The van der Waals surface area contributed by atoms with Crippen LogP contribution in [0.4, 0.5) is 0 Å². The molecule has 0 amide bonds. The number of rotatable bonds is 5. The van der Waals surface area contributed by atoms with E-state index in [1.165, 1.54) is 16.7 Å². The average molecular weight is 292 g/mol. The Morgan fingerprint density at radius 1 is 1.30 bits per heavy atom. The summed E-state index contributed by atoms with van der Waals surface area (Å²) in [6.45, 7) is 7.40. The third-order valence-electron chi connectivity index (χ3n) is 3.64. The predicted octanol–water partition coefficient (Wildman–Crippen LogP) is 3.78. The lowest BCUT2D eigenvalue weighted by Gasteiger charge is -2.23. The fraction of sp³-hybridized carbons (Fsp3) is 0.438. The third-order valence-corrected chi connectivity index (χ3v) is 3.93. The van der Waals surface area contributed by atoms with E-state index in [1.54, 1.807) is 6.20 Å². The van der Waals surface area contributed by atoms with Crippen molar-refractivity contribution in [3.63, 3.8) is 0 Å². The first kappa shape index (κ1) is 15.1. The minimum Gasteiger partial charge on any atom is -0.305 e. The van der Waals surface area contributed by atoms with E-state index >= 15 is 0 Å². The third kappa shape index (κ3) is 2.89. The number of benzene rings is 1. The molecule has 1 aromatic carbocycles. The van der Waals surface area contributed by atoms with Gasteiger partial charge in [0.15, 0.2) is 0 Å². The Morgan fingerprint density at radius 3 is 2.45 bits per heavy atom. The van der Waals surface area contributed by atoms with Gasteiger partial charge in [0, 0.05) is 7.05 Å². The van der Waals surface area contributed by atoms with Gasteiger partial charge in [0.1, 0.15) is 0 Å². The molecular weight excluding hydrogens is 270 g/mol. The van der Waals surface area contributed by atoms with Crippen molar-refractivity contribution >= 4 is 11.6 Å². The van der Waals surface area contributed by atoms with E-state index in [4.69, 9.17) is 11.6 Å². The molecule has 1 heterocycles. The first-order valence-corrected chi connectivity index (χ1v) is 7.41. The largest absolute Gasteiger partial charge is 0.305 e. The van der Waals surface area contributed by atoms with Crippen LogP contribution in [-0.2, 0) is 7.05 Å². The van der Waals surface area contributed by atoms with E-state index in [1.807, 2.05) is 11.7 Å². The Hall–Kier alpha value is -1.32. The van der Waals surface area contributed by atoms with E-state index in [0.717, 1.165) is 18.7 Å². The van der Waals surface area contributed by atoms with Gasteiger partial charge in [-0.3, -0.25) is 4.68 Å². The molecule has 0 saturated heterocycles. The van der Waals surface area contributed by atoms with Crippen LogP contribution >= 0.6 is 11.6 Å². The standard InChI is InChI=1S/C16H22ClN3/c1-5-9-18-15(16-13(17)10-19-20(16)4)14-11(2)7-6-8-12(14)3/h6-8,10,15,18H,5,9H2,1-4H3. The summed E-state index contributed by atoms with van der Waals surface area (Å²) in [5.74, 6) is 0. The topological polar surface area (TPSA) is 29.9 Å². The van der Waals surface area contributed by atoms with E-state index in [2.05, 4.69) is 49.4 Å². The van der Waals surface area contributed by atoms with Gasteiger partial charge < -0.3 is 5.32 Å². The van der Waals surface area contributed by atoms with Gasteiger partial charge in [0.25, 0.3) is 0 Å². The normalized spacial score (nSPS) is 12.7. The first-order valence-electron chi connectivity index (χ1n) is 7.03. The minimum absolute atomic E-state index is 0.0798. The van der Waals surface area contributed by atoms with Gasteiger partial charge in [0.05, 0.1) is 23.0 Å². The number of hydrogen-bond donors (Lipinski definition) is 1. The summed E-state index contributed by atoms with van der Waals surface area (Å²) in [7, 11) is 1.94. The Morgan fingerprint density at radius 2 is 1.95 bits per heavy atom. The summed E-state index contributed by atoms with van der Waals surface area (Å²) >= 11 is 6.35. The molecule has 2 rings (SSSR count). The number of halogens is 1. The molecule has 0 aliphatic heterocycles. The molecule has 1 aromatic heterocycles. The lowest BCUT2D eigenvalue weighted by molar-refractivity contribution is 0.550. The Labute approximate surface area is 126 Å². The highest BCUT2D eigenvalue weighted by Gasteiger charge is 2.23. The van der Waals surface area contributed by atoms with Crippen LogP contribution in [-0.4, -0.2) is 16.3 Å². The van der Waals surface area contributed by atoms with E-state index in [0.29, 0.717) is 5.02 Å². The van der Waals surface area contributed by atoms with Crippen LogP contribution in [0, 0.1) is 13.8 Å². The van der Waals surface area contributed by atoms with Crippen LogP contribution < -0.4 is 5.32 Å². The second-order valence-electron chi connectivity index (χ2n) is 5.19. The Bertz CT molecular complexity index is 550. The highest BCUT2D eigenvalue weighted by molar-refractivity contribution is 6.31. The van der Waals surface area contributed by atoms with Crippen molar-refractivity contribution in [2.24, 2.45) is 7.05 Å². The number of nitrogens with zero attached hydrogens (tertiary/aromatic N) is 2. The second-order valence-corrected chi connectivity index (χ2v) is 5.60. The molecule has 3 nitrogen and oxygen atoms in total. The SMILES string of the molecule is CCCNC(c1c(C)cccc1C)c1c(Cl)cnn1C. The summed E-state index contributed by atoms with van der Waals surface area (Å²) in [6.07, 6.45) is 2.79. The van der Waals surface area contributed by atoms with Gasteiger partial charge in [-0.05, 0) is 43.5 Å². The van der Waals surface area contributed by atoms with Crippen molar-refractivity contribution in [1.82, 2.24) is 15.1 Å². The van der Waals surface area contributed by atoms with Crippen LogP contribution in [0.3, 0.4) is 0 Å². The average Bonchev–Trinajstić information content (AvgIpc) is 2.73. The fourth-order valence-corrected chi connectivity index (χ4v) is 2.93. The van der Waals surface area contributed by atoms with E-state index in [-0.39, 0.29) is 6.04 Å². The summed E-state index contributed by atoms with van der Waals surface area (Å²) in [4.78, 5) is 0. The summed E-state index contributed by atoms with van der Waals surface area (Å²) in [5.41, 5.74) is 4.87. The summed E-state index contributed by atoms with van der Waals surface area (Å²) in [5, 5.41) is 8.59. The van der Waals surface area contributed by atoms with Crippen molar-refractivity contribution in [2.45, 2.75) is 33.2 Å². The van der Waals surface area contributed by atoms with Crippen molar-refractivity contribution in [2.75, 3.05) is 6.54 Å². The zero-order valence-corrected chi connectivity index (χ0v) is 13.3. The van der Waals surface area contributed by atoms with E-state index in [9.17, 15) is 0 Å². The molecule has 1 atom stereocenters. The molecular formula is C16H22ClN3. The van der Waals surface area contributed by atoms with E-state index < -0.39 is 0 Å². The van der Waals surface area contributed by atoms with Crippen LogP contribution in [0.15, 0.2) is 24.4 Å². The predicted molar refractivity (Wildman–Crippen MR) is 84.3 cm³/mol. The molecule has 1 unspecified atom stereocenters. The zero-order valence-electron chi connectivity index (χ0n) is 12.6. The quantitative estimate of drug-likeness (QED) is 0.908. The van der Waals surface area contributed by atoms with Gasteiger partial charge in [-0.15, -0.1) is 0 Å². The summed E-state index contributed by atoms with van der Waals surface area (Å²) in [6, 6.07) is 6.47. The molecule has 20 heavy (non-hydrogen) atoms. The number of aromatic nitrogens is 2. The number of hydrogen-bond acceptors (Lipinski definition) is 2. The molecule has 0 spiro atoms. The van der Waals surface area contributed by atoms with Crippen LogP contribution in [0.1, 0.15) is 41.8 Å². The second kappa shape index (κ2) is 6.42. The molecule has 4 heteroatoms.